The third-order valence-corrected chi connectivity index (χ3v) is 15.1. The van der Waals surface area contributed by atoms with Crippen molar-refractivity contribution < 1.29 is 54.0 Å². The van der Waals surface area contributed by atoms with Crippen LogP contribution in [0.4, 0.5) is 0 Å². The first-order chi connectivity index (χ1) is 16.9. The SMILES string of the molecule is CC1=C2c3cocc3C1[Si]2(C)C.CC1=Cc2c(-c3ccc(C4CCCCC4)cc3)cccc2[CH]1[Zr+2].[Cl-].[Cl-]. The third kappa shape index (κ3) is 4.77. The van der Waals surface area contributed by atoms with Crippen molar-refractivity contribution >= 4 is 19.3 Å². The first-order valence-electron chi connectivity index (χ1n) is 13.3. The van der Waals surface area contributed by atoms with Crippen LogP contribution >= 0.6 is 0 Å². The molecule has 1 nitrogen and oxygen atoms in total. The van der Waals surface area contributed by atoms with Crippen molar-refractivity contribution in [3.8, 4) is 11.1 Å². The van der Waals surface area contributed by atoms with Gasteiger partial charge in [-0.05, 0) is 12.1 Å². The van der Waals surface area contributed by atoms with Crippen molar-refractivity contribution in [2.45, 2.75) is 74.1 Å². The van der Waals surface area contributed by atoms with Crippen LogP contribution in [0.5, 0.6) is 0 Å². The van der Waals surface area contributed by atoms with E-state index in [0.29, 0.717) is 3.63 Å². The molecule has 0 N–H and O–H groups in total. The van der Waals surface area contributed by atoms with E-state index < -0.39 is 8.07 Å². The van der Waals surface area contributed by atoms with Gasteiger partial charge in [0.05, 0.1) is 20.6 Å². The standard InChI is InChI=1S/C22H23.C10H12OSi.2ClH.Zr/c1-16-14-20-8-5-9-21(22(20)15-16)19-12-10-18(11-13-19)17-6-3-2-4-7-17;1-6-9-7-4-11-5-8(7)10(6)12(9,2)3;;;/h5,8-15,17H,2-4,6-7H2,1H3;4-5,9H,1-3H3;2*1H;/q;;;;+2/p-2. The molecule has 37 heavy (non-hydrogen) atoms. The maximum atomic E-state index is 5.22. The monoisotopic (exact) mass is 623 g/mol. The number of rotatable bonds is 2. The van der Waals surface area contributed by atoms with Crippen molar-refractivity contribution in [3.63, 3.8) is 0 Å². The van der Waals surface area contributed by atoms with E-state index in [1.54, 1.807) is 41.1 Å². The van der Waals surface area contributed by atoms with Gasteiger partial charge in [-0.2, -0.15) is 0 Å². The predicted octanol–water partition coefficient (Wildman–Crippen LogP) is 3.36. The molecule has 2 bridgehead atoms. The second kappa shape index (κ2) is 11.2. The summed E-state index contributed by atoms with van der Waals surface area (Å²) in [6.07, 6.45) is 13.3. The number of fused-ring (bicyclic) bond motifs is 1. The second-order valence-corrected chi connectivity index (χ2v) is 17.5. The van der Waals surface area contributed by atoms with E-state index in [2.05, 4.69) is 75.5 Å². The van der Waals surface area contributed by atoms with Gasteiger partial charge in [-0.3, -0.25) is 0 Å². The molecule has 0 amide bonds. The molecule has 0 saturated heterocycles. The fourth-order valence-electron chi connectivity index (χ4n) is 7.35. The zero-order valence-electron chi connectivity index (χ0n) is 22.2. The Bertz CT molecular complexity index is 1350. The van der Waals surface area contributed by atoms with E-state index in [-0.39, 0.29) is 24.8 Å². The maximum Gasteiger partial charge on any atom is -1.00 e. The molecule has 8 rings (SSSR count). The first-order valence-corrected chi connectivity index (χ1v) is 17.8. The minimum Gasteiger partial charge on any atom is -1.00 e. The molecule has 3 heterocycles. The average Bonchev–Trinajstić information content (AvgIpc) is 3.57. The van der Waals surface area contributed by atoms with Gasteiger partial charge < -0.3 is 29.2 Å². The van der Waals surface area contributed by atoms with Gasteiger partial charge in [-0.15, -0.1) is 0 Å². The summed E-state index contributed by atoms with van der Waals surface area (Å²) in [4.78, 5) is 0. The summed E-state index contributed by atoms with van der Waals surface area (Å²) >= 11 is 1.60. The molecule has 2 aliphatic heterocycles. The Morgan fingerprint density at radius 1 is 0.838 bits per heavy atom. The summed E-state index contributed by atoms with van der Waals surface area (Å²) in [6, 6.07) is 16.3. The van der Waals surface area contributed by atoms with Crippen LogP contribution < -0.4 is 24.8 Å². The fraction of sp³-hybridized carbons (Fsp3) is 0.375. The van der Waals surface area contributed by atoms with E-state index in [4.69, 9.17) is 4.42 Å². The molecule has 191 valence electrons. The van der Waals surface area contributed by atoms with E-state index in [0.717, 1.165) is 11.5 Å². The molecule has 2 aromatic carbocycles. The van der Waals surface area contributed by atoms with Gasteiger partial charge >= 0.3 is 155 Å². The van der Waals surface area contributed by atoms with Crippen molar-refractivity contribution in [3.05, 3.63) is 94.0 Å². The van der Waals surface area contributed by atoms with Crippen molar-refractivity contribution in [1.29, 1.82) is 0 Å². The van der Waals surface area contributed by atoms with Crippen LogP contribution in [-0.2, 0) is 24.7 Å². The minimum absolute atomic E-state index is 0. The fourth-order valence-corrected chi connectivity index (χ4v) is 12.5. The van der Waals surface area contributed by atoms with Gasteiger partial charge in [0, 0.05) is 16.7 Å². The van der Waals surface area contributed by atoms with Gasteiger partial charge in [0.15, 0.2) is 0 Å². The Morgan fingerprint density at radius 2 is 1.54 bits per heavy atom. The Hall–Kier alpha value is -1.12. The molecule has 1 saturated carbocycles. The molecule has 3 aliphatic carbocycles. The van der Waals surface area contributed by atoms with Crippen LogP contribution in [0.25, 0.3) is 22.4 Å². The Morgan fingerprint density at radius 3 is 2.19 bits per heavy atom. The first kappa shape index (κ1) is 28.9. The van der Waals surface area contributed by atoms with E-state index in [1.165, 1.54) is 71.1 Å². The van der Waals surface area contributed by atoms with Crippen LogP contribution in [0.3, 0.4) is 0 Å². The molecule has 1 fully saturated rings. The van der Waals surface area contributed by atoms with Crippen LogP contribution in [0.1, 0.15) is 88.9 Å². The normalized spacial score (nSPS) is 22.5. The zero-order valence-corrected chi connectivity index (χ0v) is 27.2. The molecule has 5 aliphatic rings. The van der Waals surface area contributed by atoms with Crippen molar-refractivity contribution in [2.75, 3.05) is 0 Å². The molecule has 0 spiro atoms. The Kier molecular flexibility index (Phi) is 8.71. The number of benzene rings is 2. The zero-order chi connectivity index (χ0) is 24.3. The molecule has 2 atom stereocenters. The summed E-state index contributed by atoms with van der Waals surface area (Å²) in [5.41, 5.74) is 14.1. The van der Waals surface area contributed by atoms with E-state index in [1.807, 2.05) is 12.5 Å². The Labute approximate surface area is 250 Å². The van der Waals surface area contributed by atoms with Gasteiger partial charge in [0.2, 0.25) is 0 Å². The molecule has 5 heteroatoms. The quantitative estimate of drug-likeness (QED) is 0.399. The van der Waals surface area contributed by atoms with Crippen LogP contribution in [0, 0.1) is 0 Å². The third-order valence-electron chi connectivity index (χ3n) is 9.04. The molecule has 0 radical (unpaired) electrons. The molecule has 3 aromatic rings. The number of allylic oxidation sites excluding steroid dienone is 2. The molecular weight excluding hydrogens is 591 g/mol. The number of hydrogen-bond acceptors (Lipinski definition) is 1. The van der Waals surface area contributed by atoms with Crippen molar-refractivity contribution in [2.24, 2.45) is 0 Å². The topological polar surface area (TPSA) is 13.1 Å². The largest absolute Gasteiger partial charge is 1.00 e. The van der Waals surface area contributed by atoms with E-state index >= 15 is 0 Å². The smallest absolute Gasteiger partial charge is 1.00 e. The summed E-state index contributed by atoms with van der Waals surface area (Å²) in [5.74, 6) is 0.797. The molecule has 1 aromatic heterocycles. The van der Waals surface area contributed by atoms with Crippen LogP contribution in [0.15, 0.2) is 70.6 Å². The summed E-state index contributed by atoms with van der Waals surface area (Å²) in [5, 5.41) is 1.66. The predicted molar refractivity (Wildman–Crippen MR) is 146 cm³/mol. The summed E-state index contributed by atoms with van der Waals surface area (Å²) in [7, 11) is -1.04. The van der Waals surface area contributed by atoms with E-state index in [9.17, 15) is 0 Å². The summed E-state index contributed by atoms with van der Waals surface area (Å²) in [6.45, 7) is 9.47. The number of hydrogen-bond donors (Lipinski definition) is 0. The maximum absolute atomic E-state index is 5.22. The Balaban J connectivity index is 0.000000193. The average molecular weight is 626 g/mol. The van der Waals surface area contributed by atoms with Gasteiger partial charge in [0.25, 0.3) is 0 Å². The van der Waals surface area contributed by atoms with Crippen LogP contribution in [0.2, 0.25) is 13.1 Å². The number of furan rings is 1. The summed E-state index contributed by atoms with van der Waals surface area (Å²) < 4.78 is 5.87. The van der Waals surface area contributed by atoms with Crippen molar-refractivity contribution in [1.82, 2.24) is 0 Å². The van der Waals surface area contributed by atoms with Gasteiger partial charge in [0.1, 0.15) is 0 Å². The second-order valence-electron chi connectivity index (χ2n) is 11.5. The van der Waals surface area contributed by atoms with Crippen LogP contribution in [-0.4, -0.2) is 8.07 Å². The van der Waals surface area contributed by atoms with Gasteiger partial charge in [-0.1, -0.05) is 18.7 Å². The molecule has 2 unspecified atom stereocenters. The van der Waals surface area contributed by atoms with Gasteiger partial charge in [-0.25, -0.2) is 0 Å². The molecular formula is C32H35Cl2OSiZr. The number of halogens is 2. The minimum atomic E-state index is -1.04.